The van der Waals surface area contributed by atoms with E-state index in [-0.39, 0.29) is 0 Å². The zero-order chi connectivity index (χ0) is 6.97. The summed E-state index contributed by atoms with van der Waals surface area (Å²) in [7, 11) is 0. The fourth-order valence-corrected chi connectivity index (χ4v) is 1.84. The number of nitrogens with one attached hydrogen (secondary N) is 1. The number of nitrogens with zero attached hydrogens (tertiary/aromatic N) is 1. The minimum atomic E-state index is 0.888. The van der Waals surface area contributed by atoms with Crippen molar-refractivity contribution in [1.29, 1.82) is 0 Å². The van der Waals surface area contributed by atoms with E-state index in [1.165, 1.54) is 25.2 Å². The highest BCUT2D eigenvalue weighted by Crippen LogP contribution is 2.18. The summed E-state index contributed by atoms with van der Waals surface area (Å²) in [6.45, 7) is 8.72. The molecule has 2 saturated heterocycles. The highest BCUT2D eigenvalue weighted by Gasteiger charge is 2.25. The van der Waals surface area contributed by atoms with Crippen LogP contribution in [-0.4, -0.2) is 31.1 Å². The van der Waals surface area contributed by atoms with Crippen molar-refractivity contribution in [2.75, 3.05) is 26.2 Å². The van der Waals surface area contributed by atoms with Gasteiger partial charge in [0.1, 0.15) is 0 Å². The lowest BCUT2D eigenvalue weighted by atomic mass is 10.1. The van der Waals surface area contributed by atoms with Crippen molar-refractivity contribution in [3.63, 3.8) is 0 Å². The maximum Gasteiger partial charge on any atom is 0.0375 e. The third-order valence-electron chi connectivity index (χ3n) is 2.43. The van der Waals surface area contributed by atoms with E-state index in [9.17, 15) is 0 Å². The quantitative estimate of drug-likeness (QED) is 0.522. The zero-order valence-electron chi connectivity index (χ0n) is 6.27. The van der Waals surface area contributed by atoms with E-state index in [1.54, 1.807) is 0 Å². The second-order valence-corrected chi connectivity index (χ2v) is 3.37. The lowest BCUT2D eigenvalue weighted by Gasteiger charge is -2.14. The van der Waals surface area contributed by atoms with Crippen LogP contribution in [0.25, 0.3) is 0 Å². The number of hydrogen-bond acceptors (Lipinski definition) is 2. The van der Waals surface area contributed by atoms with Gasteiger partial charge in [0, 0.05) is 25.3 Å². The Labute approximate surface area is 61.9 Å². The molecule has 0 aliphatic carbocycles. The summed E-state index contributed by atoms with van der Waals surface area (Å²) in [6, 6.07) is 0. The molecule has 2 heterocycles. The molecule has 0 aromatic heterocycles. The third-order valence-corrected chi connectivity index (χ3v) is 2.43. The monoisotopic (exact) mass is 138 g/mol. The van der Waals surface area contributed by atoms with Crippen molar-refractivity contribution in [3.8, 4) is 0 Å². The molecule has 2 bridgehead atoms. The van der Waals surface area contributed by atoms with E-state index in [4.69, 9.17) is 0 Å². The van der Waals surface area contributed by atoms with Crippen molar-refractivity contribution >= 4 is 0 Å². The van der Waals surface area contributed by atoms with Gasteiger partial charge in [0.2, 0.25) is 0 Å². The number of rotatable bonds is 0. The summed E-state index contributed by atoms with van der Waals surface area (Å²) in [6.07, 6.45) is 1.38. The average Bonchev–Trinajstić information content (AvgIpc) is 2.22. The first-order valence-corrected chi connectivity index (χ1v) is 3.98. The number of fused-ring (bicyclic) bond motifs is 2. The van der Waals surface area contributed by atoms with Gasteiger partial charge in [-0.05, 0) is 18.9 Å². The Balaban J connectivity index is 2.05. The van der Waals surface area contributed by atoms with Gasteiger partial charge in [-0.3, -0.25) is 4.90 Å². The molecule has 0 amide bonds. The van der Waals surface area contributed by atoms with Gasteiger partial charge in [0.05, 0.1) is 0 Å². The first-order valence-electron chi connectivity index (χ1n) is 3.98. The van der Waals surface area contributed by atoms with E-state index in [0.717, 1.165) is 19.0 Å². The molecule has 0 radical (unpaired) electrons. The van der Waals surface area contributed by atoms with Crippen LogP contribution in [0.15, 0.2) is 12.3 Å². The minimum absolute atomic E-state index is 0.888. The van der Waals surface area contributed by atoms with Crippen LogP contribution in [0.4, 0.5) is 0 Å². The Kier molecular flexibility index (Phi) is 1.42. The zero-order valence-corrected chi connectivity index (χ0v) is 6.27. The van der Waals surface area contributed by atoms with Gasteiger partial charge < -0.3 is 5.32 Å². The first-order chi connectivity index (χ1) is 4.84. The van der Waals surface area contributed by atoms with Crippen molar-refractivity contribution in [2.24, 2.45) is 5.92 Å². The minimum Gasteiger partial charge on any atom is -0.387 e. The predicted octanol–water partition coefficient (Wildman–Crippen LogP) is 0.425. The van der Waals surface area contributed by atoms with E-state index in [0.29, 0.717) is 0 Å². The predicted molar refractivity (Wildman–Crippen MR) is 41.7 cm³/mol. The molecule has 2 unspecified atom stereocenters. The normalized spacial score (nSPS) is 39.0. The van der Waals surface area contributed by atoms with Crippen molar-refractivity contribution in [1.82, 2.24) is 10.2 Å². The van der Waals surface area contributed by atoms with Crippen LogP contribution in [0, 0.1) is 5.92 Å². The van der Waals surface area contributed by atoms with E-state index >= 15 is 0 Å². The van der Waals surface area contributed by atoms with Crippen molar-refractivity contribution in [2.45, 2.75) is 6.42 Å². The topological polar surface area (TPSA) is 15.3 Å². The Bertz CT molecular complexity index is 153. The SMILES string of the molecule is C=C1CN2CCC(CN1)C2. The van der Waals surface area contributed by atoms with Gasteiger partial charge in [-0.25, -0.2) is 0 Å². The lowest BCUT2D eigenvalue weighted by Crippen LogP contribution is -2.25. The van der Waals surface area contributed by atoms with Crippen molar-refractivity contribution in [3.05, 3.63) is 12.3 Å². The molecule has 0 aromatic rings. The van der Waals surface area contributed by atoms with E-state index in [1.807, 2.05) is 0 Å². The van der Waals surface area contributed by atoms with Crippen LogP contribution in [0.1, 0.15) is 6.42 Å². The second-order valence-electron chi connectivity index (χ2n) is 3.37. The van der Waals surface area contributed by atoms with Crippen LogP contribution in [0.2, 0.25) is 0 Å². The molecular weight excluding hydrogens is 124 g/mol. The first kappa shape index (κ1) is 6.23. The summed E-state index contributed by atoms with van der Waals surface area (Å²) < 4.78 is 0. The molecular formula is C8H14N2. The van der Waals surface area contributed by atoms with E-state index < -0.39 is 0 Å². The fraction of sp³-hybridized carbons (Fsp3) is 0.750. The van der Waals surface area contributed by atoms with Crippen LogP contribution < -0.4 is 5.32 Å². The molecule has 0 aromatic carbocycles. The molecule has 2 aliphatic rings. The summed E-state index contributed by atoms with van der Waals surface area (Å²) in [5, 5.41) is 3.34. The van der Waals surface area contributed by atoms with Gasteiger partial charge in [0.15, 0.2) is 0 Å². The molecule has 2 aliphatic heterocycles. The molecule has 0 saturated carbocycles. The Morgan fingerprint density at radius 1 is 1.60 bits per heavy atom. The summed E-state index contributed by atoms with van der Waals surface area (Å²) in [5.41, 5.74) is 1.20. The molecule has 2 fully saturated rings. The molecule has 0 spiro atoms. The van der Waals surface area contributed by atoms with Gasteiger partial charge in [-0.2, -0.15) is 0 Å². The van der Waals surface area contributed by atoms with E-state index in [2.05, 4.69) is 16.8 Å². The Morgan fingerprint density at radius 3 is 3.40 bits per heavy atom. The lowest BCUT2D eigenvalue weighted by molar-refractivity contribution is 0.364. The highest BCUT2D eigenvalue weighted by molar-refractivity contribution is 5.00. The Morgan fingerprint density at radius 2 is 2.50 bits per heavy atom. The van der Waals surface area contributed by atoms with Gasteiger partial charge in [-0.1, -0.05) is 6.58 Å². The Hall–Kier alpha value is -0.500. The highest BCUT2D eigenvalue weighted by atomic mass is 15.2. The van der Waals surface area contributed by atoms with Crippen LogP contribution in [-0.2, 0) is 0 Å². The van der Waals surface area contributed by atoms with Crippen LogP contribution >= 0.6 is 0 Å². The largest absolute Gasteiger partial charge is 0.387 e. The molecule has 10 heavy (non-hydrogen) atoms. The maximum absolute atomic E-state index is 3.94. The molecule has 2 rings (SSSR count). The van der Waals surface area contributed by atoms with Crippen molar-refractivity contribution < 1.29 is 0 Å². The summed E-state index contributed by atoms with van der Waals surface area (Å²) in [4.78, 5) is 2.48. The molecule has 56 valence electrons. The van der Waals surface area contributed by atoms with Crippen LogP contribution in [0.3, 0.4) is 0 Å². The smallest absolute Gasteiger partial charge is 0.0375 e. The fourth-order valence-electron chi connectivity index (χ4n) is 1.84. The third kappa shape index (κ3) is 1.03. The van der Waals surface area contributed by atoms with Crippen LogP contribution in [0.5, 0.6) is 0 Å². The number of hydrogen-bond donors (Lipinski definition) is 1. The van der Waals surface area contributed by atoms with Gasteiger partial charge >= 0.3 is 0 Å². The molecule has 1 N–H and O–H groups in total. The second kappa shape index (κ2) is 2.27. The standard InChI is InChI=1S/C8H14N2/c1-7-5-10-3-2-8(6-10)4-9-7/h8-9H,1-6H2. The summed E-state index contributed by atoms with van der Waals surface area (Å²) in [5.74, 6) is 0.888. The molecule has 2 nitrogen and oxygen atoms in total. The van der Waals surface area contributed by atoms with Gasteiger partial charge in [-0.15, -0.1) is 0 Å². The maximum atomic E-state index is 3.94. The summed E-state index contributed by atoms with van der Waals surface area (Å²) >= 11 is 0. The molecule has 2 heteroatoms. The van der Waals surface area contributed by atoms with Gasteiger partial charge in [0.25, 0.3) is 0 Å². The molecule has 2 atom stereocenters. The average molecular weight is 138 g/mol.